The van der Waals surface area contributed by atoms with E-state index < -0.39 is 17.8 Å². The topological polar surface area (TPSA) is 115 Å². The van der Waals surface area contributed by atoms with Crippen molar-refractivity contribution in [2.45, 2.75) is 39.0 Å². The summed E-state index contributed by atoms with van der Waals surface area (Å²) in [6, 6.07) is 10.4. The summed E-state index contributed by atoms with van der Waals surface area (Å²) in [7, 11) is 0. The molecule has 0 radical (unpaired) electrons. The van der Waals surface area contributed by atoms with Crippen LogP contribution in [0.15, 0.2) is 65.4 Å². The Morgan fingerprint density at radius 3 is 2.63 bits per heavy atom. The van der Waals surface area contributed by atoms with Crippen LogP contribution >= 0.6 is 0 Å². The molecule has 6 rings (SSSR count). The van der Waals surface area contributed by atoms with E-state index in [1.54, 1.807) is 42.3 Å². The summed E-state index contributed by atoms with van der Waals surface area (Å²) in [5.41, 5.74) is 2.76. The van der Waals surface area contributed by atoms with Crippen LogP contribution in [0.25, 0.3) is 22.6 Å². The summed E-state index contributed by atoms with van der Waals surface area (Å²) in [6.07, 6.45) is -1.36. The van der Waals surface area contributed by atoms with Crippen molar-refractivity contribution in [3.63, 3.8) is 0 Å². The van der Waals surface area contributed by atoms with Gasteiger partial charge in [0.2, 0.25) is 5.91 Å². The molecule has 1 N–H and O–H groups in total. The summed E-state index contributed by atoms with van der Waals surface area (Å²) in [4.78, 5) is 23.6. The number of aryl methyl sites for hydroxylation is 1. The molecule has 1 amide bonds. The van der Waals surface area contributed by atoms with Crippen LogP contribution in [0.3, 0.4) is 0 Å². The molecule has 5 heterocycles. The summed E-state index contributed by atoms with van der Waals surface area (Å²) in [6.45, 7) is 4.21. The lowest BCUT2D eigenvalue weighted by atomic mass is 10.0. The molecular formula is C29H24F4N8O2. The first-order valence-electron chi connectivity index (χ1n) is 13.3. The molecule has 4 aromatic heterocycles. The minimum Gasteiger partial charge on any atom is -0.360 e. The fraction of sp³-hybridized carbons (Fsp3) is 0.241. The van der Waals surface area contributed by atoms with Gasteiger partial charge in [0.05, 0.1) is 24.0 Å². The lowest BCUT2D eigenvalue weighted by molar-refractivity contribution is -0.137. The van der Waals surface area contributed by atoms with Crippen molar-refractivity contribution in [1.29, 1.82) is 0 Å². The van der Waals surface area contributed by atoms with Crippen LogP contribution in [0.2, 0.25) is 0 Å². The maximum Gasteiger partial charge on any atom is 0.416 e. The number of rotatable bonds is 6. The minimum absolute atomic E-state index is 0.0122. The lowest BCUT2D eigenvalue weighted by Crippen LogP contribution is -2.39. The number of fused-ring (bicyclic) bond motifs is 1. The van der Waals surface area contributed by atoms with Gasteiger partial charge in [-0.2, -0.15) is 13.2 Å². The van der Waals surface area contributed by atoms with Gasteiger partial charge in [0.25, 0.3) is 0 Å². The predicted molar refractivity (Wildman–Crippen MR) is 146 cm³/mol. The highest BCUT2D eigenvalue weighted by atomic mass is 19.4. The Bertz CT molecular complexity index is 1800. The minimum atomic E-state index is -4.51. The number of halogens is 4. The van der Waals surface area contributed by atoms with Gasteiger partial charge in [0.1, 0.15) is 40.6 Å². The summed E-state index contributed by atoms with van der Waals surface area (Å²) < 4.78 is 59.7. The summed E-state index contributed by atoms with van der Waals surface area (Å²) >= 11 is 0. The molecule has 14 heteroatoms. The third-order valence-electron chi connectivity index (χ3n) is 7.10. The molecule has 10 nitrogen and oxygen atoms in total. The number of benzene rings is 1. The molecule has 0 bridgehead atoms. The molecule has 220 valence electrons. The predicted octanol–water partition coefficient (Wildman–Crippen LogP) is 5.75. The van der Waals surface area contributed by atoms with Crippen molar-refractivity contribution in [3.05, 3.63) is 89.2 Å². The number of nitrogens with zero attached hydrogens (tertiary/aromatic N) is 7. The van der Waals surface area contributed by atoms with E-state index >= 15 is 0 Å². The van der Waals surface area contributed by atoms with Gasteiger partial charge in [0, 0.05) is 30.3 Å². The van der Waals surface area contributed by atoms with Crippen molar-refractivity contribution in [1.82, 2.24) is 35.0 Å². The maximum absolute atomic E-state index is 13.5. The third kappa shape index (κ3) is 5.80. The Balaban J connectivity index is 1.18. The Morgan fingerprint density at radius 2 is 1.86 bits per heavy atom. The number of alkyl halides is 3. The number of amides is 1. The van der Waals surface area contributed by atoms with Gasteiger partial charge >= 0.3 is 6.18 Å². The molecule has 1 aliphatic rings. The molecule has 1 aliphatic heterocycles. The van der Waals surface area contributed by atoms with Gasteiger partial charge in [0.15, 0.2) is 0 Å². The monoisotopic (exact) mass is 592 g/mol. The normalized spacial score (nSPS) is 14.0. The van der Waals surface area contributed by atoms with Gasteiger partial charge in [-0.05, 0) is 67.9 Å². The van der Waals surface area contributed by atoms with Gasteiger partial charge in [-0.25, -0.2) is 19.0 Å². The van der Waals surface area contributed by atoms with Crippen LogP contribution in [0.4, 0.5) is 29.2 Å². The van der Waals surface area contributed by atoms with E-state index in [-0.39, 0.29) is 29.9 Å². The SMILES string of the molecule is Cc1cc(Nc2cc(C(F)(F)F)ccn2)nc(-c2cn(C(C)C(=O)N3CCc4onc(-c5ccc(F)cc5)c4C3)nn2)c1. The molecule has 0 aliphatic carbocycles. The Labute approximate surface area is 242 Å². The molecule has 1 aromatic carbocycles. The first kappa shape index (κ1) is 28.0. The lowest BCUT2D eigenvalue weighted by Gasteiger charge is -2.28. The van der Waals surface area contributed by atoms with E-state index in [1.165, 1.54) is 16.8 Å². The van der Waals surface area contributed by atoms with E-state index in [9.17, 15) is 22.4 Å². The maximum atomic E-state index is 13.5. The number of nitrogens with one attached hydrogen (secondary N) is 1. The molecule has 0 saturated carbocycles. The van der Waals surface area contributed by atoms with E-state index in [2.05, 4.69) is 30.8 Å². The Kier molecular flexibility index (Phi) is 7.12. The molecule has 1 atom stereocenters. The van der Waals surface area contributed by atoms with Crippen molar-refractivity contribution >= 4 is 17.5 Å². The average Bonchev–Trinajstić information content (AvgIpc) is 3.64. The number of pyridine rings is 2. The molecule has 43 heavy (non-hydrogen) atoms. The fourth-order valence-corrected chi connectivity index (χ4v) is 4.86. The molecule has 1 unspecified atom stereocenters. The number of anilines is 2. The van der Waals surface area contributed by atoms with Gasteiger partial charge in [-0.3, -0.25) is 4.79 Å². The van der Waals surface area contributed by atoms with Crippen LogP contribution in [0.1, 0.15) is 35.4 Å². The standard InChI is InChI=1S/C29H24F4N8O2/c1-16-11-22(35-26(12-16)36-25-13-19(7-9-34-25)29(31,32)33)23-15-41(39-37-23)17(2)28(42)40-10-8-24-21(14-40)27(38-43-24)18-3-5-20(30)6-4-18/h3-7,9,11-13,15,17H,8,10,14H2,1-2H3,(H,34,35,36). The first-order valence-corrected chi connectivity index (χ1v) is 13.3. The zero-order chi connectivity index (χ0) is 30.3. The molecule has 0 saturated heterocycles. The van der Waals surface area contributed by atoms with Crippen LogP contribution < -0.4 is 5.32 Å². The molecular weight excluding hydrogens is 568 g/mol. The summed E-state index contributed by atoms with van der Waals surface area (Å²) in [5, 5.41) is 15.3. The fourth-order valence-electron chi connectivity index (χ4n) is 4.86. The van der Waals surface area contributed by atoms with E-state index in [4.69, 9.17) is 4.52 Å². The molecule has 0 spiro atoms. The van der Waals surface area contributed by atoms with Gasteiger partial charge < -0.3 is 14.7 Å². The zero-order valence-corrected chi connectivity index (χ0v) is 22.9. The molecule has 0 fully saturated rings. The second-order valence-corrected chi connectivity index (χ2v) is 10.2. The third-order valence-corrected chi connectivity index (χ3v) is 7.10. The van der Waals surface area contributed by atoms with E-state index in [1.807, 2.05) is 6.92 Å². The van der Waals surface area contributed by atoms with Crippen LogP contribution in [-0.2, 0) is 23.9 Å². The van der Waals surface area contributed by atoms with Crippen LogP contribution in [0, 0.1) is 12.7 Å². The Morgan fingerprint density at radius 1 is 1.07 bits per heavy atom. The Hall–Kier alpha value is -5.14. The van der Waals surface area contributed by atoms with E-state index in [0.717, 1.165) is 29.5 Å². The second kappa shape index (κ2) is 10.9. The zero-order valence-electron chi connectivity index (χ0n) is 22.9. The number of aromatic nitrogens is 6. The second-order valence-electron chi connectivity index (χ2n) is 10.2. The average molecular weight is 593 g/mol. The first-order chi connectivity index (χ1) is 20.5. The van der Waals surface area contributed by atoms with Crippen LogP contribution in [0.5, 0.6) is 0 Å². The van der Waals surface area contributed by atoms with Crippen molar-refractivity contribution < 1.29 is 26.9 Å². The number of carbonyl (C=O) groups is 1. The van der Waals surface area contributed by atoms with E-state index in [0.29, 0.717) is 41.4 Å². The van der Waals surface area contributed by atoms with Gasteiger partial charge in [-0.1, -0.05) is 10.4 Å². The smallest absolute Gasteiger partial charge is 0.360 e. The molecule has 5 aromatic rings. The van der Waals surface area contributed by atoms with Crippen molar-refractivity contribution in [2.24, 2.45) is 0 Å². The number of carbonyl (C=O) groups excluding carboxylic acids is 1. The largest absolute Gasteiger partial charge is 0.416 e. The quantitative estimate of drug-likeness (QED) is 0.248. The van der Waals surface area contributed by atoms with Crippen molar-refractivity contribution in [2.75, 3.05) is 11.9 Å². The van der Waals surface area contributed by atoms with Crippen LogP contribution in [-0.4, -0.2) is 47.5 Å². The number of hydrogen-bond donors (Lipinski definition) is 1. The number of hydrogen-bond acceptors (Lipinski definition) is 8. The highest BCUT2D eigenvalue weighted by molar-refractivity contribution is 5.81. The van der Waals surface area contributed by atoms with Crippen molar-refractivity contribution in [3.8, 4) is 22.6 Å². The van der Waals surface area contributed by atoms with Gasteiger partial charge in [-0.15, -0.1) is 5.10 Å². The summed E-state index contributed by atoms with van der Waals surface area (Å²) in [5.74, 6) is 0.398. The highest BCUT2D eigenvalue weighted by Crippen LogP contribution is 2.32. The highest BCUT2D eigenvalue weighted by Gasteiger charge is 2.32.